The first-order valence-electron chi connectivity index (χ1n) is 9.07. The molecule has 1 N–H and O–H groups in total. The van der Waals surface area contributed by atoms with Crippen LogP contribution in [-0.4, -0.2) is 75.9 Å². The number of nitrogens with zero attached hydrogens (tertiary/aromatic N) is 2. The molecular formula is C18H26Cl2N2O5. The fourth-order valence-electron chi connectivity index (χ4n) is 3.96. The van der Waals surface area contributed by atoms with Gasteiger partial charge in [0.15, 0.2) is 6.04 Å². The topological polar surface area (TPSA) is 87.2 Å². The zero-order valence-electron chi connectivity index (χ0n) is 15.4. The average molecular weight is 421 g/mol. The van der Waals surface area contributed by atoms with E-state index in [4.69, 9.17) is 27.9 Å². The van der Waals surface area contributed by atoms with Gasteiger partial charge >= 0.3 is 5.97 Å². The van der Waals surface area contributed by atoms with E-state index in [1.807, 2.05) is 0 Å². The Morgan fingerprint density at radius 3 is 2.52 bits per heavy atom. The Kier molecular flexibility index (Phi) is 7.94. The van der Waals surface area contributed by atoms with Crippen LogP contribution < -0.4 is 0 Å². The largest absolute Gasteiger partial charge is 0.479 e. The molecule has 0 aromatic heterocycles. The second-order valence-corrected chi connectivity index (χ2v) is 7.70. The Bertz CT molecular complexity index is 588. The number of carbonyl (C=O) groups is 3. The van der Waals surface area contributed by atoms with Crippen LogP contribution in [0.3, 0.4) is 0 Å². The maximum atomic E-state index is 12.8. The summed E-state index contributed by atoms with van der Waals surface area (Å²) in [6.07, 6.45) is 6.04. The lowest BCUT2D eigenvalue weighted by Gasteiger charge is -2.52. The lowest BCUT2D eigenvalue weighted by atomic mass is 9.90. The average Bonchev–Trinajstić information content (AvgIpc) is 2.63. The summed E-state index contributed by atoms with van der Waals surface area (Å²) in [6, 6.07) is -2.50. The van der Waals surface area contributed by atoms with Crippen molar-refractivity contribution in [2.75, 3.05) is 13.0 Å². The molecule has 27 heavy (non-hydrogen) atoms. The van der Waals surface area contributed by atoms with Crippen molar-refractivity contribution in [3.8, 4) is 0 Å². The van der Waals surface area contributed by atoms with Gasteiger partial charge in [-0.1, -0.05) is 43.9 Å². The van der Waals surface area contributed by atoms with Gasteiger partial charge in [-0.05, 0) is 18.4 Å². The number of amides is 2. The fourth-order valence-corrected chi connectivity index (χ4v) is 4.55. The van der Waals surface area contributed by atoms with Crippen molar-refractivity contribution >= 4 is 41.5 Å². The van der Waals surface area contributed by atoms with Crippen LogP contribution in [0, 0.1) is 0 Å². The predicted molar refractivity (Wildman–Crippen MR) is 102 cm³/mol. The van der Waals surface area contributed by atoms with Crippen LogP contribution in [0.4, 0.5) is 0 Å². The van der Waals surface area contributed by atoms with Crippen LogP contribution in [-0.2, 0) is 19.1 Å². The summed E-state index contributed by atoms with van der Waals surface area (Å²) in [6.45, 7) is 3.63. The quantitative estimate of drug-likeness (QED) is 0.214. The number of likely N-dealkylation sites (tertiary alicyclic amines) is 1. The fraction of sp³-hybridized carbons (Fsp3) is 0.722. The lowest BCUT2D eigenvalue weighted by Crippen LogP contribution is -2.74. The third-order valence-corrected chi connectivity index (χ3v) is 6.19. The highest BCUT2D eigenvalue weighted by Gasteiger charge is 2.56. The molecular weight excluding hydrogens is 395 g/mol. The highest BCUT2D eigenvalue weighted by molar-refractivity contribution is 6.27. The Balaban J connectivity index is 2.22. The van der Waals surface area contributed by atoms with E-state index in [0.717, 1.165) is 37.0 Å². The minimum absolute atomic E-state index is 0.110. The van der Waals surface area contributed by atoms with E-state index < -0.39 is 29.5 Å². The summed E-state index contributed by atoms with van der Waals surface area (Å²) in [5.74, 6) is -1.88. The third kappa shape index (κ3) is 4.41. The second kappa shape index (κ2) is 9.75. The minimum atomic E-state index is -1.31. The maximum Gasteiger partial charge on any atom is 0.330 e. The number of aliphatic carboxylic acids is 1. The highest BCUT2D eigenvalue weighted by atomic mass is 35.5. The Hall–Kier alpha value is -1.31. The standard InChI is InChI=1S/C18H26Cl2N2O5/c1-11(9-19)14(18(25)26)22-16(20)15(17(22)24)21(10-23)12-7-5-3-4-6-8-13(12)27-2/h10,12-16H,1,3-9H2,2H3,(H,25,26). The number of hydrogen-bond donors (Lipinski definition) is 1. The van der Waals surface area contributed by atoms with Gasteiger partial charge in [0, 0.05) is 13.0 Å². The number of halogens is 2. The number of carboxylic acids is 1. The molecule has 9 heteroatoms. The number of carboxylic acid groups (broad SMARTS) is 1. The Morgan fingerprint density at radius 2 is 2.04 bits per heavy atom. The van der Waals surface area contributed by atoms with Crippen LogP contribution in [0.1, 0.15) is 38.5 Å². The minimum Gasteiger partial charge on any atom is -0.479 e. The molecule has 1 aliphatic heterocycles. The molecule has 0 spiro atoms. The van der Waals surface area contributed by atoms with Gasteiger partial charge in [0.05, 0.1) is 12.1 Å². The van der Waals surface area contributed by atoms with Crippen molar-refractivity contribution in [2.24, 2.45) is 0 Å². The first-order chi connectivity index (χ1) is 12.9. The van der Waals surface area contributed by atoms with Crippen LogP contribution in [0.15, 0.2) is 12.2 Å². The molecule has 5 atom stereocenters. The van der Waals surface area contributed by atoms with Crippen molar-refractivity contribution in [2.45, 2.75) is 68.3 Å². The third-order valence-electron chi connectivity index (χ3n) is 5.40. The molecule has 1 aliphatic carbocycles. The molecule has 5 unspecified atom stereocenters. The summed E-state index contributed by atoms with van der Waals surface area (Å²) >= 11 is 12.1. The molecule has 1 saturated heterocycles. The summed E-state index contributed by atoms with van der Waals surface area (Å²) in [7, 11) is 1.60. The van der Waals surface area contributed by atoms with Gasteiger partial charge in [-0.15, -0.1) is 11.6 Å². The summed E-state index contributed by atoms with van der Waals surface area (Å²) in [5.41, 5.74) is -0.799. The van der Waals surface area contributed by atoms with E-state index in [1.165, 1.54) is 4.90 Å². The van der Waals surface area contributed by atoms with Crippen LogP contribution >= 0.6 is 23.2 Å². The van der Waals surface area contributed by atoms with Gasteiger partial charge in [0.25, 0.3) is 5.91 Å². The number of methoxy groups -OCH3 is 1. The van der Waals surface area contributed by atoms with Gasteiger partial charge in [-0.3, -0.25) is 9.59 Å². The summed E-state index contributed by atoms with van der Waals surface area (Å²) < 4.78 is 5.59. The second-order valence-electron chi connectivity index (χ2n) is 6.98. The number of β-lactam (4-membered cyclic amide) rings is 1. The maximum absolute atomic E-state index is 12.8. The highest BCUT2D eigenvalue weighted by Crippen LogP contribution is 2.35. The van der Waals surface area contributed by atoms with E-state index in [0.29, 0.717) is 12.8 Å². The molecule has 7 nitrogen and oxygen atoms in total. The molecule has 152 valence electrons. The molecule has 1 heterocycles. The molecule has 2 rings (SSSR count). The van der Waals surface area contributed by atoms with Gasteiger partial charge < -0.3 is 19.6 Å². The number of hydrogen-bond acceptors (Lipinski definition) is 4. The molecule has 2 amide bonds. The van der Waals surface area contributed by atoms with E-state index in [-0.39, 0.29) is 23.6 Å². The van der Waals surface area contributed by atoms with Crippen LogP contribution in [0.5, 0.6) is 0 Å². The summed E-state index contributed by atoms with van der Waals surface area (Å²) in [4.78, 5) is 38.7. The van der Waals surface area contributed by atoms with Crippen LogP contribution in [0.2, 0.25) is 0 Å². The van der Waals surface area contributed by atoms with Crippen molar-refractivity contribution in [1.29, 1.82) is 0 Å². The molecule has 0 radical (unpaired) electrons. The molecule has 1 saturated carbocycles. The normalized spacial score (nSPS) is 29.9. The first-order valence-corrected chi connectivity index (χ1v) is 10.0. The zero-order valence-corrected chi connectivity index (χ0v) is 16.9. The van der Waals surface area contributed by atoms with E-state index in [1.54, 1.807) is 7.11 Å². The van der Waals surface area contributed by atoms with Crippen molar-refractivity contribution in [1.82, 2.24) is 9.80 Å². The van der Waals surface area contributed by atoms with Crippen molar-refractivity contribution in [3.63, 3.8) is 0 Å². The predicted octanol–water partition coefficient (Wildman–Crippen LogP) is 2.21. The van der Waals surface area contributed by atoms with Gasteiger partial charge in [-0.25, -0.2) is 4.79 Å². The molecule has 0 bridgehead atoms. The number of carbonyl (C=O) groups excluding carboxylic acids is 2. The van der Waals surface area contributed by atoms with E-state index in [2.05, 4.69) is 6.58 Å². The van der Waals surface area contributed by atoms with E-state index >= 15 is 0 Å². The van der Waals surface area contributed by atoms with Crippen LogP contribution in [0.25, 0.3) is 0 Å². The summed E-state index contributed by atoms with van der Waals surface area (Å²) in [5, 5.41) is 9.45. The molecule has 0 aromatic rings. The van der Waals surface area contributed by atoms with Gasteiger partial charge in [-0.2, -0.15) is 0 Å². The van der Waals surface area contributed by atoms with E-state index in [9.17, 15) is 19.5 Å². The molecule has 2 aliphatic rings. The number of rotatable bonds is 8. The SMILES string of the molecule is C=C(CCl)C(C(=O)O)N1C(=O)C(N(C=O)C2CCCCCCC2OC)C1Cl. The monoisotopic (exact) mass is 420 g/mol. The molecule has 2 fully saturated rings. The van der Waals surface area contributed by atoms with Crippen molar-refractivity contribution < 1.29 is 24.2 Å². The van der Waals surface area contributed by atoms with Crippen molar-refractivity contribution in [3.05, 3.63) is 12.2 Å². The molecule has 0 aromatic carbocycles. The van der Waals surface area contributed by atoms with Gasteiger partial charge in [0.1, 0.15) is 11.5 Å². The Morgan fingerprint density at radius 1 is 1.41 bits per heavy atom. The smallest absolute Gasteiger partial charge is 0.330 e. The number of ether oxygens (including phenoxy) is 1. The lowest BCUT2D eigenvalue weighted by molar-refractivity contribution is -0.170. The zero-order chi connectivity index (χ0) is 20.1. The first kappa shape index (κ1) is 22.0. The van der Waals surface area contributed by atoms with Gasteiger partial charge in [0.2, 0.25) is 6.41 Å². The Labute approximate surface area is 169 Å². The number of alkyl halides is 2.